The lowest BCUT2D eigenvalue weighted by Gasteiger charge is -2.35. The van der Waals surface area contributed by atoms with Gasteiger partial charge in [-0.1, -0.05) is 12.1 Å². The second-order valence-electron chi connectivity index (χ2n) is 7.20. The predicted molar refractivity (Wildman–Crippen MR) is 96.6 cm³/mol. The Morgan fingerprint density at radius 2 is 1.85 bits per heavy atom. The summed E-state index contributed by atoms with van der Waals surface area (Å²) in [5, 5.41) is 8.92. The number of rotatable bonds is 6. The highest BCUT2D eigenvalue weighted by molar-refractivity contribution is 5.94. The summed E-state index contributed by atoms with van der Waals surface area (Å²) in [4.78, 5) is 39.2. The first-order chi connectivity index (χ1) is 12.5. The Labute approximate surface area is 153 Å². The standard InChI is InChI=1S/C20H26N2O4/c23-18-5-3-12-21(18)14-15-6-8-16(9-7-15)20(26)22-13-2-1-4-17(22)10-11-19(24)25/h6-9,17H,1-5,10-14H2,(H,24,25)/t17-/m0/s1. The van der Waals surface area contributed by atoms with Crippen LogP contribution in [0.4, 0.5) is 0 Å². The molecule has 0 spiro atoms. The van der Waals surface area contributed by atoms with E-state index in [0.717, 1.165) is 37.8 Å². The van der Waals surface area contributed by atoms with Gasteiger partial charge in [-0.15, -0.1) is 0 Å². The summed E-state index contributed by atoms with van der Waals surface area (Å²) in [5.74, 6) is -0.646. The molecule has 0 saturated carbocycles. The van der Waals surface area contributed by atoms with Crippen LogP contribution < -0.4 is 0 Å². The van der Waals surface area contributed by atoms with Gasteiger partial charge in [-0.25, -0.2) is 0 Å². The van der Waals surface area contributed by atoms with Gasteiger partial charge < -0.3 is 14.9 Å². The first-order valence-corrected chi connectivity index (χ1v) is 9.44. The number of benzene rings is 1. The molecule has 2 aliphatic heterocycles. The molecule has 1 atom stereocenters. The van der Waals surface area contributed by atoms with Crippen LogP contribution >= 0.6 is 0 Å². The van der Waals surface area contributed by atoms with Crippen LogP contribution in [0.1, 0.15) is 60.9 Å². The number of aliphatic carboxylic acids is 1. The molecule has 0 unspecified atom stereocenters. The molecule has 0 aliphatic carbocycles. The Kier molecular flexibility index (Phi) is 5.91. The van der Waals surface area contributed by atoms with Crippen LogP contribution in [0.5, 0.6) is 0 Å². The van der Waals surface area contributed by atoms with Crippen molar-refractivity contribution < 1.29 is 19.5 Å². The molecule has 2 aliphatic rings. The van der Waals surface area contributed by atoms with Crippen LogP contribution in [-0.4, -0.2) is 51.8 Å². The summed E-state index contributed by atoms with van der Waals surface area (Å²) in [6, 6.07) is 7.47. The molecule has 26 heavy (non-hydrogen) atoms. The van der Waals surface area contributed by atoms with Gasteiger partial charge in [-0.3, -0.25) is 14.4 Å². The molecule has 1 aromatic carbocycles. The first-order valence-electron chi connectivity index (χ1n) is 9.44. The fraction of sp³-hybridized carbons (Fsp3) is 0.550. The van der Waals surface area contributed by atoms with Crippen LogP contribution in [0.3, 0.4) is 0 Å². The van der Waals surface area contributed by atoms with Crippen molar-refractivity contribution >= 4 is 17.8 Å². The Morgan fingerprint density at radius 1 is 1.08 bits per heavy atom. The van der Waals surface area contributed by atoms with Gasteiger partial charge in [-0.05, 0) is 49.8 Å². The molecule has 140 valence electrons. The molecule has 1 aromatic rings. The van der Waals surface area contributed by atoms with Crippen LogP contribution in [0.15, 0.2) is 24.3 Å². The highest BCUT2D eigenvalue weighted by Crippen LogP contribution is 2.23. The third kappa shape index (κ3) is 4.42. The quantitative estimate of drug-likeness (QED) is 0.848. The second-order valence-corrected chi connectivity index (χ2v) is 7.20. The van der Waals surface area contributed by atoms with Gasteiger partial charge in [0.15, 0.2) is 0 Å². The van der Waals surface area contributed by atoms with Gasteiger partial charge in [0.25, 0.3) is 5.91 Å². The molecule has 2 amide bonds. The highest BCUT2D eigenvalue weighted by atomic mass is 16.4. The van der Waals surface area contributed by atoms with Crippen molar-refractivity contribution in [3.8, 4) is 0 Å². The van der Waals surface area contributed by atoms with Gasteiger partial charge in [0.1, 0.15) is 0 Å². The maximum absolute atomic E-state index is 12.9. The molecule has 2 fully saturated rings. The van der Waals surface area contributed by atoms with Crippen molar-refractivity contribution in [2.45, 2.75) is 57.5 Å². The molecule has 0 aromatic heterocycles. The number of amides is 2. The zero-order valence-corrected chi connectivity index (χ0v) is 15.0. The molecule has 6 nitrogen and oxygen atoms in total. The summed E-state index contributed by atoms with van der Waals surface area (Å²) in [6.45, 7) is 2.09. The number of hydrogen-bond donors (Lipinski definition) is 1. The van der Waals surface area contributed by atoms with Crippen LogP contribution in [-0.2, 0) is 16.1 Å². The van der Waals surface area contributed by atoms with Gasteiger partial charge >= 0.3 is 5.97 Å². The van der Waals surface area contributed by atoms with E-state index in [9.17, 15) is 14.4 Å². The van der Waals surface area contributed by atoms with Gasteiger partial charge in [0.05, 0.1) is 0 Å². The van der Waals surface area contributed by atoms with Gasteiger partial charge in [0, 0.05) is 44.1 Å². The van der Waals surface area contributed by atoms with Crippen molar-refractivity contribution in [3.63, 3.8) is 0 Å². The fourth-order valence-electron chi connectivity index (χ4n) is 3.87. The molecule has 2 saturated heterocycles. The average Bonchev–Trinajstić information content (AvgIpc) is 3.05. The largest absolute Gasteiger partial charge is 0.481 e. The number of carbonyl (C=O) groups is 3. The van der Waals surface area contributed by atoms with E-state index in [1.54, 1.807) is 0 Å². The topological polar surface area (TPSA) is 77.9 Å². The van der Waals surface area contributed by atoms with Crippen LogP contribution in [0.2, 0.25) is 0 Å². The Bertz CT molecular complexity index is 671. The van der Waals surface area contributed by atoms with E-state index < -0.39 is 5.97 Å². The number of nitrogens with zero attached hydrogens (tertiary/aromatic N) is 2. The minimum Gasteiger partial charge on any atom is -0.481 e. The molecule has 0 bridgehead atoms. The molecule has 6 heteroatoms. The number of hydrogen-bond acceptors (Lipinski definition) is 3. The maximum Gasteiger partial charge on any atom is 0.303 e. The van der Waals surface area contributed by atoms with E-state index in [1.807, 2.05) is 34.1 Å². The highest BCUT2D eigenvalue weighted by Gasteiger charge is 2.28. The minimum absolute atomic E-state index is 0.00856. The summed E-state index contributed by atoms with van der Waals surface area (Å²) >= 11 is 0. The SMILES string of the molecule is O=C(O)CC[C@@H]1CCCCN1C(=O)c1ccc(CN2CCCC2=O)cc1. The number of carboxylic acids is 1. The van der Waals surface area contributed by atoms with E-state index in [1.165, 1.54) is 0 Å². The third-order valence-electron chi connectivity index (χ3n) is 5.33. The molecule has 1 N–H and O–H groups in total. The van der Waals surface area contributed by atoms with E-state index in [0.29, 0.717) is 31.5 Å². The zero-order valence-electron chi connectivity index (χ0n) is 15.0. The van der Waals surface area contributed by atoms with Crippen molar-refractivity contribution in [1.82, 2.24) is 9.80 Å². The number of carbonyl (C=O) groups excluding carboxylic acids is 2. The number of piperidine rings is 1. The van der Waals surface area contributed by atoms with Crippen molar-refractivity contribution in [1.29, 1.82) is 0 Å². The Morgan fingerprint density at radius 3 is 2.50 bits per heavy atom. The van der Waals surface area contributed by atoms with Crippen LogP contribution in [0, 0.1) is 0 Å². The third-order valence-corrected chi connectivity index (χ3v) is 5.33. The molecule has 2 heterocycles. The number of carboxylic acid groups (broad SMARTS) is 1. The van der Waals surface area contributed by atoms with Gasteiger partial charge in [-0.2, -0.15) is 0 Å². The molecule has 0 radical (unpaired) electrons. The van der Waals surface area contributed by atoms with Gasteiger partial charge in [0.2, 0.25) is 5.91 Å². The van der Waals surface area contributed by atoms with Crippen molar-refractivity contribution in [2.24, 2.45) is 0 Å². The van der Waals surface area contributed by atoms with Crippen LogP contribution in [0.25, 0.3) is 0 Å². The van der Waals surface area contributed by atoms with Crippen molar-refractivity contribution in [3.05, 3.63) is 35.4 Å². The number of likely N-dealkylation sites (tertiary alicyclic amines) is 2. The molecular weight excluding hydrogens is 332 g/mol. The molecular formula is C20H26N2O4. The lowest BCUT2D eigenvalue weighted by molar-refractivity contribution is -0.137. The zero-order chi connectivity index (χ0) is 18.5. The Balaban J connectivity index is 1.64. The second kappa shape index (κ2) is 8.34. The fourth-order valence-corrected chi connectivity index (χ4v) is 3.87. The normalized spacial score (nSPS) is 20.5. The van der Waals surface area contributed by atoms with E-state index in [2.05, 4.69) is 0 Å². The van der Waals surface area contributed by atoms with E-state index in [-0.39, 0.29) is 24.3 Å². The van der Waals surface area contributed by atoms with E-state index in [4.69, 9.17) is 5.11 Å². The lowest BCUT2D eigenvalue weighted by Crippen LogP contribution is -2.44. The monoisotopic (exact) mass is 358 g/mol. The predicted octanol–water partition coefficient (Wildman–Crippen LogP) is 2.67. The Hall–Kier alpha value is -2.37. The average molecular weight is 358 g/mol. The summed E-state index contributed by atoms with van der Waals surface area (Å²) in [5.41, 5.74) is 1.65. The van der Waals surface area contributed by atoms with Crippen molar-refractivity contribution in [2.75, 3.05) is 13.1 Å². The lowest BCUT2D eigenvalue weighted by atomic mass is 9.96. The maximum atomic E-state index is 12.9. The summed E-state index contributed by atoms with van der Waals surface area (Å²) in [6.07, 6.45) is 5.02. The minimum atomic E-state index is -0.816. The first kappa shape index (κ1) is 18.4. The van der Waals surface area contributed by atoms with E-state index >= 15 is 0 Å². The summed E-state index contributed by atoms with van der Waals surface area (Å²) < 4.78 is 0. The smallest absolute Gasteiger partial charge is 0.303 e. The summed E-state index contributed by atoms with van der Waals surface area (Å²) in [7, 11) is 0. The molecule has 3 rings (SSSR count).